The molecule has 0 spiro atoms. The maximum Gasteiger partial charge on any atom is 0.0412 e. The molecule has 1 aromatic carbocycles. The van der Waals surface area contributed by atoms with Crippen LogP contribution in [-0.4, -0.2) is 7.05 Å². The lowest BCUT2D eigenvalue weighted by molar-refractivity contribution is 0.819. The summed E-state index contributed by atoms with van der Waals surface area (Å²) in [6.07, 6.45) is 0. The van der Waals surface area contributed by atoms with Gasteiger partial charge in [-0.2, -0.15) is 11.3 Å². The molecule has 0 aliphatic rings. The van der Waals surface area contributed by atoms with Crippen molar-refractivity contribution in [3.8, 4) is 11.1 Å². The van der Waals surface area contributed by atoms with E-state index in [1.165, 1.54) is 16.7 Å². The highest BCUT2D eigenvalue weighted by atomic mass is 35.5. The summed E-state index contributed by atoms with van der Waals surface area (Å²) in [5, 5.41) is 8.18. The van der Waals surface area contributed by atoms with E-state index in [-0.39, 0.29) is 0 Å². The summed E-state index contributed by atoms with van der Waals surface area (Å²) in [5.74, 6) is 0. The normalized spacial score (nSPS) is 10.5. The Morgan fingerprint density at radius 3 is 2.87 bits per heavy atom. The van der Waals surface area contributed by atoms with Gasteiger partial charge >= 0.3 is 0 Å². The zero-order valence-corrected chi connectivity index (χ0v) is 10.0. The zero-order chi connectivity index (χ0) is 10.7. The van der Waals surface area contributed by atoms with Crippen molar-refractivity contribution in [1.82, 2.24) is 5.32 Å². The monoisotopic (exact) mass is 237 g/mol. The third-order valence-corrected chi connectivity index (χ3v) is 3.19. The Balaban J connectivity index is 2.47. The molecule has 0 bridgehead atoms. The third-order valence-electron chi connectivity index (χ3n) is 2.27. The van der Waals surface area contributed by atoms with Crippen molar-refractivity contribution < 1.29 is 0 Å². The molecule has 78 valence electrons. The van der Waals surface area contributed by atoms with Crippen molar-refractivity contribution in [2.75, 3.05) is 7.05 Å². The highest BCUT2D eigenvalue weighted by Gasteiger charge is 2.05. The average Bonchev–Trinajstić information content (AvgIpc) is 2.74. The van der Waals surface area contributed by atoms with Crippen LogP contribution in [0.15, 0.2) is 35.0 Å². The molecular formula is C12H12ClNS. The predicted molar refractivity (Wildman–Crippen MR) is 67.5 cm³/mol. The number of thiophene rings is 1. The van der Waals surface area contributed by atoms with E-state index < -0.39 is 0 Å². The molecule has 0 unspecified atom stereocenters. The molecule has 0 atom stereocenters. The Morgan fingerprint density at radius 1 is 1.33 bits per heavy atom. The first-order valence-corrected chi connectivity index (χ1v) is 6.09. The van der Waals surface area contributed by atoms with E-state index in [9.17, 15) is 0 Å². The van der Waals surface area contributed by atoms with Crippen LogP contribution in [0.2, 0.25) is 5.02 Å². The standard InChI is InChI=1S/C12H12ClNS/c1-14-7-9-2-3-11(13)6-12(9)10-4-5-15-8-10/h2-6,8,14H,7H2,1H3. The molecule has 0 aliphatic carbocycles. The summed E-state index contributed by atoms with van der Waals surface area (Å²) in [5.41, 5.74) is 3.74. The Labute approximate surface area is 98.7 Å². The fourth-order valence-corrected chi connectivity index (χ4v) is 2.41. The molecule has 2 rings (SSSR count). The molecule has 1 nitrogen and oxygen atoms in total. The van der Waals surface area contributed by atoms with E-state index in [4.69, 9.17) is 11.6 Å². The quantitative estimate of drug-likeness (QED) is 0.857. The fraction of sp³-hybridized carbons (Fsp3) is 0.167. The van der Waals surface area contributed by atoms with Crippen LogP contribution in [0.4, 0.5) is 0 Å². The number of halogens is 1. The van der Waals surface area contributed by atoms with Gasteiger partial charge in [-0.15, -0.1) is 0 Å². The van der Waals surface area contributed by atoms with E-state index in [0.717, 1.165) is 11.6 Å². The van der Waals surface area contributed by atoms with Gasteiger partial charge in [-0.25, -0.2) is 0 Å². The van der Waals surface area contributed by atoms with Crippen molar-refractivity contribution in [1.29, 1.82) is 0 Å². The van der Waals surface area contributed by atoms with Crippen LogP contribution in [0, 0.1) is 0 Å². The highest BCUT2D eigenvalue weighted by Crippen LogP contribution is 2.28. The van der Waals surface area contributed by atoms with Crippen molar-refractivity contribution in [2.24, 2.45) is 0 Å². The van der Waals surface area contributed by atoms with Gasteiger partial charge in [-0.3, -0.25) is 0 Å². The van der Waals surface area contributed by atoms with Gasteiger partial charge in [0, 0.05) is 11.6 Å². The molecule has 0 aliphatic heterocycles. The largest absolute Gasteiger partial charge is 0.316 e. The minimum atomic E-state index is 0.788. The van der Waals surface area contributed by atoms with Gasteiger partial charge in [0.15, 0.2) is 0 Å². The summed E-state index contributed by atoms with van der Waals surface area (Å²) in [7, 11) is 1.95. The molecular weight excluding hydrogens is 226 g/mol. The van der Waals surface area contributed by atoms with Gasteiger partial charge in [0.25, 0.3) is 0 Å². The van der Waals surface area contributed by atoms with Crippen LogP contribution in [0.3, 0.4) is 0 Å². The first kappa shape index (κ1) is 10.7. The first-order valence-electron chi connectivity index (χ1n) is 4.77. The molecule has 1 N–H and O–H groups in total. The Bertz CT molecular complexity index is 437. The van der Waals surface area contributed by atoms with Crippen LogP contribution in [0.1, 0.15) is 5.56 Å². The predicted octanol–water partition coefficient (Wildman–Crippen LogP) is 3.79. The topological polar surface area (TPSA) is 12.0 Å². The van der Waals surface area contributed by atoms with Gasteiger partial charge in [-0.1, -0.05) is 17.7 Å². The van der Waals surface area contributed by atoms with Gasteiger partial charge in [0.1, 0.15) is 0 Å². The van der Waals surface area contributed by atoms with Crippen molar-refractivity contribution >= 4 is 22.9 Å². The minimum absolute atomic E-state index is 0.788. The number of nitrogens with one attached hydrogen (secondary N) is 1. The van der Waals surface area contributed by atoms with Crippen LogP contribution in [0.5, 0.6) is 0 Å². The number of hydrogen-bond donors (Lipinski definition) is 1. The minimum Gasteiger partial charge on any atom is -0.316 e. The van der Waals surface area contributed by atoms with E-state index in [2.05, 4.69) is 28.2 Å². The van der Waals surface area contributed by atoms with Crippen molar-refractivity contribution in [3.63, 3.8) is 0 Å². The highest BCUT2D eigenvalue weighted by molar-refractivity contribution is 7.08. The molecule has 2 aromatic rings. The molecule has 3 heteroatoms. The molecule has 0 radical (unpaired) electrons. The molecule has 0 saturated heterocycles. The first-order chi connectivity index (χ1) is 7.31. The van der Waals surface area contributed by atoms with E-state index in [0.29, 0.717) is 0 Å². The fourth-order valence-electron chi connectivity index (χ4n) is 1.58. The van der Waals surface area contributed by atoms with E-state index >= 15 is 0 Å². The Kier molecular flexibility index (Phi) is 3.41. The van der Waals surface area contributed by atoms with Crippen molar-refractivity contribution in [3.05, 3.63) is 45.6 Å². The second-order valence-corrected chi connectivity index (χ2v) is 4.56. The lowest BCUT2D eigenvalue weighted by Crippen LogP contribution is -2.06. The molecule has 15 heavy (non-hydrogen) atoms. The second kappa shape index (κ2) is 4.79. The third kappa shape index (κ3) is 2.40. The second-order valence-electron chi connectivity index (χ2n) is 3.34. The summed E-state index contributed by atoms with van der Waals surface area (Å²) >= 11 is 7.72. The Morgan fingerprint density at radius 2 is 2.20 bits per heavy atom. The van der Waals surface area contributed by atoms with Gasteiger partial charge in [0.2, 0.25) is 0 Å². The summed E-state index contributed by atoms with van der Waals surface area (Å²) in [6, 6.07) is 8.15. The molecule has 0 fully saturated rings. The van der Waals surface area contributed by atoms with Crippen LogP contribution >= 0.6 is 22.9 Å². The number of rotatable bonds is 3. The number of hydrogen-bond acceptors (Lipinski definition) is 2. The molecule has 1 heterocycles. The Hall–Kier alpha value is -0.830. The lowest BCUT2D eigenvalue weighted by atomic mass is 10.0. The van der Waals surface area contributed by atoms with Crippen LogP contribution in [0.25, 0.3) is 11.1 Å². The van der Waals surface area contributed by atoms with Crippen molar-refractivity contribution in [2.45, 2.75) is 6.54 Å². The maximum absolute atomic E-state index is 6.02. The zero-order valence-electron chi connectivity index (χ0n) is 8.46. The summed E-state index contributed by atoms with van der Waals surface area (Å²) in [6.45, 7) is 0.863. The molecule has 0 saturated carbocycles. The average molecular weight is 238 g/mol. The molecule has 0 amide bonds. The SMILES string of the molecule is CNCc1ccc(Cl)cc1-c1ccsc1. The van der Waals surface area contributed by atoms with E-state index in [1.54, 1.807) is 11.3 Å². The van der Waals surface area contributed by atoms with Gasteiger partial charge < -0.3 is 5.32 Å². The lowest BCUT2D eigenvalue weighted by Gasteiger charge is -2.08. The summed E-state index contributed by atoms with van der Waals surface area (Å²) < 4.78 is 0. The summed E-state index contributed by atoms with van der Waals surface area (Å²) in [4.78, 5) is 0. The maximum atomic E-state index is 6.02. The van der Waals surface area contributed by atoms with Gasteiger partial charge in [-0.05, 0) is 52.7 Å². The van der Waals surface area contributed by atoms with E-state index in [1.807, 2.05) is 19.2 Å². The molecule has 1 aromatic heterocycles. The van der Waals surface area contributed by atoms with Crippen LogP contribution in [-0.2, 0) is 6.54 Å². The number of benzene rings is 1. The smallest absolute Gasteiger partial charge is 0.0412 e. The van der Waals surface area contributed by atoms with Gasteiger partial charge in [0.05, 0.1) is 0 Å². The van der Waals surface area contributed by atoms with Crippen LogP contribution < -0.4 is 5.32 Å².